The van der Waals surface area contributed by atoms with Crippen molar-refractivity contribution in [3.63, 3.8) is 0 Å². The maximum atomic E-state index is 6.23. The Morgan fingerprint density at radius 2 is 1.40 bits per heavy atom. The molecule has 8 nitrogen and oxygen atoms in total. The van der Waals surface area contributed by atoms with Crippen LogP contribution in [0.25, 0.3) is 22.0 Å². The van der Waals surface area contributed by atoms with Crippen molar-refractivity contribution < 1.29 is 14.2 Å². The standard InChI is InChI=1S/C34H41N5O3/c1-38-18-16-29(17-19-38)42-28-8-4-24(5-9-28)23-39-20-14-26(15-21-39)35-34-32-22-30(41-3)12-13-31(32)33(36-37-34)25-6-10-27(40-2)11-7-25/h4-13,22,26,29H,14-21,23H2,1-3H3,(H,35,37). The van der Waals surface area contributed by atoms with E-state index in [1.807, 2.05) is 30.3 Å². The van der Waals surface area contributed by atoms with Crippen LogP contribution in [0.15, 0.2) is 66.7 Å². The highest BCUT2D eigenvalue weighted by atomic mass is 16.5. The lowest BCUT2D eigenvalue weighted by molar-refractivity contribution is 0.114. The zero-order valence-electron chi connectivity index (χ0n) is 24.9. The number of fused-ring (bicyclic) bond motifs is 1. The molecule has 0 unspecified atom stereocenters. The number of anilines is 1. The van der Waals surface area contributed by atoms with Gasteiger partial charge in [0.15, 0.2) is 5.82 Å². The number of aromatic nitrogens is 2. The largest absolute Gasteiger partial charge is 0.497 e. The molecule has 6 rings (SSSR count). The van der Waals surface area contributed by atoms with Crippen LogP contribution in [0.5, 0.6) is 17.2 Å². The van der Waals surface area contributed by atoms with Gasteiger partial charge in [0.2, 0.25) is 0 Å². The third-order valence-electron chi connectivity index (χ3n) is 8.58. The molecule has 0 radical (unpaired) electrons. The Morgan fingerprint density at radius 3 is 2.10 bits per heavy atom. The van der Waals surface area contributed by atoms with Crippen molar-refractivity contribution in [3.05, 3.63) is 72.3 Å². The van der Waals surface area contributed by atoms with Crippen LogP contribution in [-0.4, -0.2) is 79.6 Å². The van der Waals surface area contributed by atoms with Gasteiger partial charge in [-0.2, -0.15) is 0 Å². The van der Waals surface area contributed by atoms with Gasteiger partial charge in [-0.15, -0.1) is 10.2 Å². The Balaban J connectivity index is 1.08. The Hall–Kier alpha value is -3.88. The molecule has 2 saturated heterocycles. The predicted molar refractivity (Wildman–Crippen MR) is 168 cm³/mol. The molecule has 0 aliphatic carbocycles. The molecule has 3 aromatic carbocycles. The molecular weight excluding hydrogens is 526 g/mol. The molecule has 1 aromatic heterocycles. The highest BCUT2D eigenvalue weighted by Gasteiger charge is 2.22. The van der Waals surface area contributed by atoms with E-state index in [0.717, 1.165) is 104 Å². The average Bonchev–Trinajstić information content (AvgIpc) is 3.04. The molecule has 2 fully saturated rings. The zero-order valence-corrected chi connectivity index (χ0v) is 24.9. The lowest BCUT2D eigenvalue weighted by Gasteiger charge is -2.33. The van der Waals surface area contributed by atoms with Gasteiger partial charge in [-0.05, 0) is 92.9 Å². The maximum Gasteiger partial charge on any atom is 0.156 e. The second-order valence-corrected chi connectivity index (χ2v) is 11.5. The van der Waals surface area contributed by atoms with Gasteiger partial charge in [0.05, 0.1) is 14.2 Å². The van der Waals surface area contributed by atoms with Crippen molar-refractivity contribution in [3.8, 4) is 28.5 Å². The van der Waals surface area contributed by atoms with Gasteiger partial charge in [0.25, 0.3) is 0 Å². The minimum Gasteiger partial charge on any atom is -0.497 e. The molecule has 2 aliphatic rings. The van der Waals surface area contributed by atoms with Gasteiger partial charge >= 0.3 is 0 Å². The molecule has 0 atom stereocenters. The molecule has 8 heteroatoms. The monoisotopic (exact) mass is 567 g/mol. The van der Waals surface area contributed by atoms with Crippen LogP contribution in [0, 0.1) is 0 Å². The summed E-state index contributed by atoms with van der Waals surface area (Å²) in [6, 6.07) is 23.1. The first-order valence-electron chi connectivity index (χ1n) is 15.0. The second-order valence-electron chi connectivity index (χ2n) is 11.5. The highest BCUT2D eigenvalue weighted by Crippen LogP contribution is 2.34. The quantitative estimate of drug-likeness (QED) is 0.270. The van der Waals surface area contributed by atoms with Crippen molar-refractivity contribution in [2.24, 2.45) is 0 Å². The number of ether oxygens (including phenoxy) is 3. The van der Waals surface area contributed by atoms with E-state index in [9.17, 15) is 0 Å². The van der Waals surface area contributed by atoms with E-state index in [4.69, 9.17) is 14.2 Å². The van der Waals surface area contributed by atoms with Gasteiger partial charge in [0, 0.05) is 55.1 Å². The fraction of sp³-hybridized carbons (Fsp3) is 0.412. The van der Waals surface area contributed by atoms with Gasteiger partial charge < -0.3 is 24.4 Å². The Kier molecular flexibility index (Phi) is 8.72. The summed E-state index contributed by atoms with van der Waals surface area (Å²) in [6.45, 7) is 5.24. The number of methoxy groups -OCH3 is 2. The number of nitrogens with one attached hydrogen (secondary N) is 1. The van der Waals surface area contributed by atoms with Crippen molar-refractivity contribution in [2.75, 3.05) is 52.8 Å². The number of nitrogens with zero attached hydrogens (tertiary/aromatic N) is 4. The van der Waals surface area contributed by atoms with Crippen LogP contribution in [0.2, 0.25) is 0 Å². The minimum atomic E-state index is 0.333. The molecule has 0 amide bonds. The maximum absolute atomic E-state index is 6.23. The summed E-state index contributed by atoms with van der Waals surface area (Å²) in [7, 11) is 5.55. The predicted octanol–water partition coefficient (Wildman–Crippen LogP) is 5.86. The first-order chi connectivity index (χ1) is 20.6. The van der Waals surface area contributed by atoms with E-state index in [0.29, 0.717) is 12.1 Å². The number of rotatable bonds is 9. The highest BCUT2D eigenvalue weighted by molar-refractivity contribution is 6.00. The number of piperidine rings is 2. The van der Waals surface area contributed by atoms with Crippen LogP contribution < -0.4 is 19.5 Å². The van der Waals surface area contributed by atoms with Crippen molar-refractivity contribution >= 4 is 16.6 Å². The number of hydrogen-bond donors (Lipinski definition) is 1. The normalized spacial score (nSPS) is 17.3. The summed E-state index contributed by atoms with van der Waals surface area (Å²) in [5.41, 5.74) is 3.17. The lowest BCUT2D eigenvalue weighted by Crippen LogP contribution is -2.38. The lowest BCUT2D eigenvalue weighted by atomic mass is 10.0. The van der Waals surface area contributed by atoms with E-state index in [1.165, 1.54) is 5.56 Å². The average molecular weight is 568 g/mol. The topological polar surface area (TPSA) is 72.0 Å². The summed E-state index contributed by atoms with van der Waals surface area (Å²) < 4.78 is 17.1. The summed E-state index contributed by atoms with van der Waals surface area (Å²) in [5, 5.41) is 15.1. The summed E-state index contributed by atoms with van der Waals surface area (Å²) in [5.74, 6) is 3.41. The van der Waals surface area contributed by atoms with Crippen molar-refractivity contribution in [1.29, 1.82) is 0 Å². The summed E-state index contributed by atoms with van der Waals surface area (Å²) >= 11 is 0. The molecule has 4 aromatic rings. The van der Waals surface area contributed by atoms with Crippen LogP contribution >= 0.6 is 0 Å². The molecule has 0 bridgehead atoms. The zero-order chi connectivity index (χ0) is 28.9. The van der Waals surface area contributed by atoms with Gasteiger partial charge in [-0.3, -0.25) is 4.90 Å². The third kappa shape index (κ3) is 6.61. The molecule has 0 saturated carbocycles. The minimum absolute atomic E-state index is 0.333. The van der Waals surface area contributed by atoms with E-state index >= 15 is 0 Å². The Morgan fingerprint density at radius 1 is 0.738 bits per heavy atom. The van der Waals surface area contributed by atoms with E-state index < -0.39 is 0 Å². The van der Waals surface area contributed by atoms with Gasteiger partial charge in [0.1, 0.15) is 29.0 Å². The smallest absolute Gasteiger partial charge is 0.156 e. The third-order valence-corrected chi connectivity index (χ3v) is 8.58. The van der Waals surface area contributed by atoms with Crippen LogP contribution in [0.1, 0.15) is 31.2 Å². The number of likely N-dealkylation sites (tertiary alicyclic amines) is 2. The SMILES string of the molecule is COc1ccc(-c2nnc(NC3CCN(Cc4ccc(OC5CCN(C)CC5)cc4)CC3)c3cc(OC)ccc23)cc1. The molecular formula is C34H41N5O3. The fourth-order valence-corrected chi connectivity index (χ4v) is 5.98. The number of benzene rings is 3. The van der Waals surface area contributed by atoms with Crippen LogP contribution in [0.4, 0.5) is 5.82 Å². The molecule has 220 valence electrons. The van der Waals surface area contributed by atoms with E-state index in [1.54, 1.807) is 14.2 Å². The van der Waals surface area contributed by atoms with Crippen molar-refractivity contribution in [2.45, 2.75) is 44.4 Å². The fourth-order valence-electron chi connectivity index (χ4n) is 5.98. The van der Waals surface area contributed by atoms with E-state index in [-0.39, 0.29) is 0 Å². The van der Waals surface area contributed by atoms with E-state index in [2.05, 4.69) is 68.8 Å². The van der Waals surface area contributed by atoms with Crippen LogP contribution in [-0.2, 0) is 6.54 Å². The first-order valence-corrected chi connectivity index (χ1v) is 15.0. The number of hydrogen-bond acceptors (Lipinski definition) is 8. The van der Waals surface area contributed by atoms with Gasteiger partial charge in [-0.25, -0.2) is 0 Å². The van der Waals surface area contributed by atoms with Crippen LogP contribution in [0.3, 0.4) is 0 Å². The first kappa shape index (κ1) is 28.2. The molecule has 3 heterocycles. The molecule has 2 aliphatic heterocycles. The molecule has 0 spiro atoms. The summed E-state index contributed by atoms with van der Waals surface area (Å²) in [6.07, 6.45) is 4.63. The second kappa shape index (κ2) is 13.0. The molecule has 1 N–H and O–H groups in total. The Bertz CT molecular complexity index is 1460. The van der Waals surface area contributed by atoms with Gasteiger partial charge in [-0.1, -0.05) is 12.1 Å². The summed E-state index contributed by atoms with van der Waals surface area (Å²) in [4.78, 5) is 4.90. The van der Waals surface area contributed by atoms with Crippen molar-refractivity contribution in [1.82, 2.24) is 20.0 Å². The molecule has 42 heavy (non-hydrogen) atoms. The Labute approximate surface area is 248 Å².